The molecule has 2 N–H and O–H groups in total. The number of hydrogen-bond acceptors (Lipinski definition) is 4. The van der Waals surface area contributed by atoms with Gasteiger partial charge in [-0.15, -0.1) is 0 Å². The maximum absolute atomic E-state index is 10.8. The summed E-state index contributed by atoms with van der Waals surface area (Å²) < 4.78 is 4.25. The van der Waals surface area contributed by atoms with Gasteiger partial charge >= 0.3 is 5.97 Å². The molecular formula is C11H18N2O2S. The molecule has 0 aliphatic heterocycles. The largest absolute Gasteiger partial charge is 0.481 e. The van der Waals surface area contributed by atoms with E-state index in [9.17, 15) is 4.79 Å². The van der Waals surface area contributed by atoms with Crippen LogP contribution in [-0.4, -0.2) is 22.0 Å². The predicted molar refractivity (Wildman–Crippen MR) is 64.7 cm³/mol. The van der Waals surface area contributed by atoms with Crippen molar-refractivity contribution in [1.82, 2.24) is 9.69 Å². The molecule has 0 fully saturated rings. The number of carbonyl (C=O) groups is 1. The average molecular weight is 242 g/mol. The first-order valence-corrected chi connectivity index (χ1v) is 6.18. The Kier molecular flexibility index (Phi) is 4.89. The fraction of sp³-hybridized carbons (Fsp3) is 0.636. The molecule has 5 heteroatoms. The predicted octanol–water partition coefficient (Wildman–Crippen LogP) is 1.96. The number of carboxylic acids is 1. The Hall–Kier alpha value is -0.940. The molecule has 0 aliphatic rings. The second kappa shape index (κ2) is 5.96. The highest BCUT2D eigenvalue weighted by Gasteiger charge is 2.14. The molecule has 0 saturated carbocycles. The van der Waals surface area contributed by atoms with E-state index in [1.807, 2.05) is 20.8 Å². The van der Waals surface area contributed by atoms with Crippen LogP contribution in [0.2, 0.25) is 0 Å². The van der Waals surface area contributed by atoms with Crippen LogP contribution in [0, 0.1) is 19.8 Å². The topological polar surface area (TPSA) is 62.2 Å². The van der Waals surface area contributed by atoms with Gasteiger partial charge in [0, 0.05) is 23.5 Å². The zero-order valence-corrected chi connectivity index (χ0v) is 10.7. The summed E-state index contributed by atoms with van der Waals surface area (Å²) in [6, 6.07) is 0. The van der Waals surface area contributed by atoms with Gasteiger partial charge in [-0.25, -0.2) is 0 Å². The van der Waals surface area contributed by atoms with E-state index >= 15 is 0 Å². The van der Waals surface area contributed by atoms with Gasteiger partial charge in [0.15, 0.2) is 0 Å². The van der Waals surface area contributed by atoms with E-state index in [1.165, 1.54) is 22.0 Å². The maximum Gasteiger partial charge on any atom is 0.307 e. The van der Waals surface area contributed by atoms with Gasteiger partial charge in [-0.3, -0.25) is 4.79 Å². The first kappa shape index (κ1) is 13.1. The number of aliphatic carboxylic acids is 1. The Balaban J connectivity index is 2.44. The number of aryl methyl sites for hydroxylation is 2. The normalized spacial score (nSPS) is 12.7. The molecule has 1 heterocycles. The van der Waals surface area contributed by atoms with Crippen molar-refractivity contribution in [2.45, 2.75) is 33.7 Å². The van der Waals surface area contributed by atoms with Gasteiger partial charge in [0.2, 0.25) is 0 Å². The average Bonchev–Trinajstić information content (AvgIpc) is 2.54. The molecule has 16 heavy (non-hydrogen) atoms. The summed E-state index contributed by atoms with van der Waals surface area (Å²) in [6.45, 7) is 7.13. The standard InChI is InChI=1S/C11H18N2O2S/c1-4-9(11(14)15)5-12-6-10-7(2)13-16-8(10)3/h9,12H,4-6H2,1-3H3,(H,14,15). The van der Waals surface area contributed by atoms with Crippen LogP contribution in [-0.2, 0) is 11.3 Å². The van der Waals surface area contributed by atoms with Crippen molar-refractivity contribution < 1.29 is 9.90 Å². The molecule has 4 nitrogen and oxygen atoms in total. The van der Waals surface area contributed by atoms with Crippen molar-refractivity contribution in [3.05, 3.63) is 16.1 Å². The van der Waals surface area contributed by atoms with Crippen LogP contribution in [0.4, 0.5) is 0 Å². The van der Waals surface area contributed by atoms with E-state index in [0.29, 0.717) is 19.5 Å². The lowest BCUT2D eigenvalue weighted by Crippen LogP contribution is -2.27. The number of nitrogens with one attached hydrogen (secondary N) is 1. The molecule has 0 saturated heterocycles. The van der Waals surface area contributed by atoms with Crippen LogP contribution in [0.5, 0.6) is 0 Å². The van der Waals surface area contributed by atoms with Gasteiger partial charge in [0.25, 0.3) is 0 Å². The minimum Gasteiger partial charge on any atom is -0.481 e. The molecule has 1 aromatic heterocycles. The Morgan fingerprint density at radius 1 is 1.56 bits per heavy atom. The molecule has 0 spiro atoms. The lowest BCUT2D eigenvalue weighted by Gasteiger charge is -2.11. The lowest BCUT2D eigenvalue weighted by atomic mass is 10.1. The molecule has 1 unspecified atom stereocenters. The Morgan fingerprint density at radius 3 is 2.69 bits per heavy atom. The third-order valence-corrected chi connectivity index (χ3v) is 3.60. The van der Waals surface area contributed by atoms with Gasteiger partial charge in [0.1, 0.15) is 0 Å². The number of aromatic nitrogens is 1. The molecule has 90 valence electrons. The minimum atomic E-state index is -0.730. The van der Waals surface area contributed by atoms with E-state index in [1.54, 1.807) is 0 Å². The fourth-order valence-corrected chi connectivity index (χ4v) is 2.25. The fourth-order valence-electron chi connectivity index (χ4n) is 1.53. The molecule has 0 bridgehead atoms. The van der Waals surface area contributed by atoms with Gasteiger partial charge in [0.05, 0.1) is 11.6 Å². The van der Waals surface area contributed by atoms with Gasteiger partial charge < -0.3 is 10.4 Å². The van der Waals surface area contributed by atoms with Crippen molar-refractivity contribution >= 4 is 17.5 Å². The first-order chi connectivity index (χ1) is 7.56. The van der Waals surface area contributed by atoms with E-state index in [4.69, 9.17) is 5.11 Å². The smallest absolute Gasteiger partial charge is 0.307 e. The van der Waals surface area contributed by atoms with Crippen LogP contribution >= 0.6 is 11.5 Å². The second-order valence-corrected chi connectivity index (χ2v) is 4.85. The number of hydrogen-bond donors (Lipinski definition) is 2. The highest BCUT2D eigenvalue weighted by atomic mass is 32.1. The van der Waals surface area contributed by atoms with E-state index in [2.05, 4.69) is 9.69 Å². The zero-order valence-electron chi connectivity index (χ0n) is 9.91. The second-order valence-electron chi connectivity index (χ2n) is 3.88. The zero-order chi connectivity index (χ0) is 12.1. The summed E-state index contributed by atoms with van der Waals surface area (Å²) in [6.07, 6.45) is 0.655. The number of carboxylic acid groups (broad SMARTS) is 1. The molecule has 1 rings (SSSR count). The third-order valence-electron chi connectivity index (χ3n) is 2.72. The summed E-state index contributed by atoms with van der Waals surface area (Å²) >= 11 is 1.50. The summed E-state index contributed by atoms with van der Waals surface area (Å²) in [5.74, 6) is -1.03. The highest BCUT2D eigenvalue weighted by molar-refractivity contribution is 7.05. The summed E-state index contributed by atoms with van der Waals surface area (Å²) in [7, 11) is 0. The van der Waals surface area contributed by atoms with E-state index < -0.39 is 5.97 Å². The molecule has 1 aromatic rings. The molecule has 1 atom stereocenters. The van der Waals surface area contributed by atoms with E-state index in [-0.39, 0.29) is 5.92 Å². The Labute approximate surface area is 99.9 Å². The van der Waals surface area contributed by atoms with Crippen LogP contribution in [0.25, 0.3) is 0 Å². The lowest BCUT2D eigenvalue weighted by molar-refractivity contribution is -0.141. The van der Waals surface area contributed by atoms with Crippen molar-refractivity contribution in [3.8, 4) is 0 Å². The molecule has 0 aliphatic carbocycles. The number of nitrogens with zero attached hydrogens (tertiary/aromatic N) is 1. The quantitative estimate of drug-likeness (QED) is 0.800. The van der Waals surface area contributed by atoms with Crippen LogP contribution in [0.15, 0.2) is 0 Å². The van der Waals surface area contributed by atoms with Gasteiger partial charge in [-0.2, -0.15) is 4.37 Å². The van der Waals surface area contributed by atoms with E-state index in [0.717, 1.165) is 5.69 Å². The van der Waals surface area contributed by atoms with Crippen molar-refractivity contribution in [1.29, 1.82) is 0 Å². The SMILES string of the molecule is CCC(CNCc1c(C)nsc1C)C(=O)O. The summed E-state index contributed by atoms with van der Waals surface area (Å²) in [4.78, 5) is 12.0. The minimum absolute atomic E-state index is 0.299. The number of rotatable bonds is 6. The summed E-state index contributed by atoms with van der Waals surface area (Å²) in [5, 5.41) is 12.1. The van der Waals surface area contributed by atoms with Crippen molar-refractivity contribution in [2.75, 3.05) is 6.54 Å². The first-order valence-electron chi connectivity index (χ1n) is 5.41. The maximum atomic E-state index is 10.8. The van der Waals surface area contributed by atoms with Crippen molar-refractivity contribution in [3.63, 3.8) is 0 Å². The Bertz CT molecular complexity index is 343. The van der Waals surface area contributed by atoms with Crippen molar-refractivity contribution in [2.24, 2.45) is 5.92 Å². The van der Waals surface area contributed by atoms with Gasteiger partial charge in [-0.1, -0.05) is 6.92 Å². The molecule has 0 aromatic carbocycles. The molecular weight excluding hydrogens is 224 g/mol. The third kappa shape index (κ3) is 3.28. The molecule has 0 radical (unpaired) electrons. The Morgan fingerprint density at radius 2 is 2.25 bits per heavy atom. The molecule has 0 amide bonds. The van der Waals surface area contributed by atoms with Crippen LogP contribution in [0.3, 0.4) is 0 Å². The summed E-state index contributed by atoms with van der Waals surface area (Å²) in [5.41, 5.74) is 2.24. The monoisotopic (exact) mass is 242 g/mol. The van der Waals surface area contributed by atoms with Crippen LogP contribution in [0.1, 0.15) is 29.5 Å². The highest BCUT2D eigenvalue weighted by Crippen LogP contribution is 2.16. The van der Waals surface area contributed by atoms with Gasteiger partial charge in [-0.05, 0) is 31.8 Å². The van der Waals surface area contributed by atoms with Crippen LogP contribution < -0.4 is 5.32 Å².